The lowest BCUT2D eigenvalue weighted by molar-refractivity contribution is -0.123. The molecule has 1 aromatic carbocycles. The standard InChI is InChI=1S/C18H26N2O7S3/c1-5-19(15-8-9-28(22,23)11-15)30(26,27)16-7-6-14(10-13(16)2)20-17(21)18(3,4)12-29(20,24)25/h6-7,10,15H,5,8-9,11-12H2,1-4H3. The molecule has 2 aliphatic heterocycles. The van der Waals surface area contributed by atoms with Gasteiger partial charge in [-0.05, 0) is 51.0 Å². The van der Waals surface area contributed by atoms with Crippen LogP contribution in [0.1, 0.15) is 32.8 Å². The van der Waals surface area contributed by atoms with E-state index in [-0.39, 0.29) is 46.4 Å². The number of nitrogens with zero attached hydrogens (tertiary/aromatic N) is 2. The Balaban J connectivity index is 2.00. The van der Waals surface area contributed by atoms with Gasteiger partial charge in [-0.25, -0.2) is 29.6 Å². The van der Waals surface area contributed by atoms with Gasteiger partial charge >= 0.3 is 0 Å². The van der Waals surface area contributed by atoms with Crippen LogP contribution < -0.4 is 4.31 Å². The van der Waals surface area contributed by atoms with Crippen molar-refractivity contribution in [2.24, 2.45) is 5.41 Å². The first-order chi connectivity index (χ1) is 13.6. The fourth-order valence-electron chi connectivity index (χ4n) is 4.06. The number of sulfonamides is 2. The molecule has 0 bridgehead atoms. The predicted octanol–water partition coefficient (Wildman–Crippen LogP) is 0.895. The summed E-state index contributed by atoms with van der Waals surface area (Å²) < 4.78 is 77.0. The number of hydrogen-bond donors (Lipinski definition) is 0. The van der Waals surface area contributed by atoms with Crippen LogP contribution in [0.4, 0.5) is 5.69 Å². The van der Waals surface area contributed by atoms with E-state index < -0.39 is 47.2 Å². The van der Waals surface area contributed by atoms with Crippen molar-refractivity contribution in [1.29, 1.82) is 0 Å². The molecule has 0 saturated carbocycles. The summed E-state index contributed by atoms with van der Waals surface area (Å²) in [6.45, 7) is 6.37. The Bertz CT molecular complexity index is 1200. The molecule has 0 aliphatic carbocycles. The Morgan fingerprint density at radius 2 is 1.83 bits per heavy atom. The van der Waals surface area contributed by atoms with Crippen molar-refractivity contribution in [3.8, 4) is 0 Å². The van der Waals surface area contributed by atoms with Crippen LogP contribution in [0.2, 0.25) is 0 Å². The monoisotopic (exact) mass is 478 g/mol. The molecule has 12 heteroatoms. The van der Waals surface area contributed by atoms with Crippen molar-refractivity contribution in [3.63, 3.8) is 0 Å². The maximum atomic E-state index is 13.2. The Labute approximate surface area is 178 Å². The molecule has 30 heavy (non-hydrogen) atoms. The molecule has 2 fully saturated rings. The summed E-state index contributed by atoms with van der Waals surface area (Å²) in [5, 5.41) is 0. The highest BCUT2D eigenvalue weighted by Gasteiger charge is 2.50. The summed E-state index contributed by atoms with van der Waals surface area (Å²) in [6, 6.07) is 3.31. The van der Waals surface area contributed by atoms with E-state index in [2.05, 4.69) is 0 Å². The summed E-state index contributed by atoms with van der Waals surface area (Å²) >= 11 is 0. The molecule has 2 aliphatic rings. The summed E-state index contributed by atoms with van der Waals surface area (Å²) in [7, 11) is -11.1. The number of anilines is 1. The van der Waals surface area contributed by atoms with Crippen molar-refractivity contribution in [1.82, 2.24) is 4.31 Å². The fourth-order valence-corrected chi connectivity index (χ4v) is 9.86. The average molecular weight is 479 g/mol. The minimum atomic E-state index is -4.00. The first-order valence-electron chi connectivity index (χ1n) is 9.53. The summed E-state index contributed by atoms with van der Waals surface area (Å²) in [6.07, 6.45) is 0.238. The summed E-state index contributed by atoms with van der Waals surface area (Å²) in [5.41, 5.74) is -0.696. The molecule has 1 unspecified atom stereocenters. The highest BCUT2D eigenvalue weighted by molar-refractivity contribution is 7.94. The molecule has 1 atom stereocenters. The zero-order valence-electron chi connectivity index (χ0n) is 17.3. The van der Waals surface area contributed by atoms with E-state index in [4.69, 9.17) is 0 Å². The van der Waals surface area contributed by atoms with E-state index in [1.54, 1.807) is 20.8 Å². The van der Waals surface area contributed by atoms with Crippen LogP contribution in [0.3, 0.4) is 0 Å². The number of sulfone groups is 1. The number of aryl methyl sites for hydroxylation is 1. The van der Waals surface area contributed by atoms with Gasteiger partial charge in [-0.15, -0.1) is 0 Å². The number of hydrogen-bond acceptors (Lipinski definition) is 7. The maximum absolute atomic E-state index is 13.2. The van der Waals surface area contributed by atoms with Gasteiger partial charge in [0.25, 0.3) is 0 Å². The molecule has 0 spiro atoms. The molecule has 0 N–H and O–H groups in total. The molecule has 0 radical (unpaired) electrons. The molecular formula is C18H26N2O7S3. The van der Waals surface area contributed by atoms with Gasteiger partial charge in [-0.3, -0.25) is 4.79 Å². The number of carbonyl (C=O) groups is 1. The second kappa shape index (κ2) is 7.28. The summed E-state index contributed by atoms with van der Waals surface area (Å²) in [4.78, 5) is 12.5. The molecule has 2 saturated heterocycles. The highest BCUT2D eigenvalue weighted by atomic mass is 32.2. The van der Waals surface area contributed by atoms with Crippen molar-refractivity contribution < 1.29 is 30.0 Å². The van der Waals surface area contributed by atoms with E-state index >= 15 is 0 Å². The zero-order chi connectivity index (χ0) is 22.7. The average Bonchev–Trinajstić information content (AvgIpc) is 3.00. The van der Waals surface area contributed by atoms with Gasteiger partial charge in [0.2, 0.25) is 26.0 Å². The summed E-state index contributed by atoms with van der Waals surface area (Å²) in [5.74, 6) is -1.15. The lowest BCUT2D eigenvalue weighted by atomic mass is 9.95. The molecule has 168 valence electrons. The fraction of sp³-hybridized carbons (Fsp3) is 0.611. The number of rotatable bonds is 5. The van der Waals surface area contributed by atoms with Crippen molar-refractivity contribution in [3.05, 3.63) is 23.8 Å². The van der Waals surface area contributed by atoms with Gasteiger partial charge in [0.15, 0.2) is 9.84 Å². The number of benzene rings is 1. The first-order valence-corrected chi connectivity index (χ1v) is 14.4. The highest BCUT2D eigenvalue weighted by Crippen LogP contribution is 2.37. The quantitative estimate of drug-likeness (QED) is 0.615. The van der Waals surface area contributed by atoms with E-state index in [9.17, 15) is 30.0 Å². The number of amides is 1. The lowest BCUT2D eigenvalue weighted by Gasteiger charge is -2.27. The van der Waals surface area contributed by atoms with Crippen LogP contribution in [0.25, 0.3) is 0 Å². The van der Waals surface area contributed by atoms with Crippen molar-refractivity contribution >= 4 is 41.5 Å². The normalized spacial score (nSPS) is 25.2. The van der Waals surface area contributed by atoms with Crippen LogP contribution in [-0.2, 0) is 34.7 Å². The first kappa shape index (κ1) is 23.2. The zero-order valence-corrected chi connectivity index (χ0v) is 19.8. The SMILES string of the molecule is CCN(C1CCS(=O)(=O)C1)S(=O)(=O)c1ccc(N2C(=O)C(C)(C)CS2(=O)=O)cc1C. The Kier molecular flexibility index (Phi) is 5.62. The second-order valence-corrected chi connectivity index (χ2v) is 14.3. The minimum Gasteiger partial charge on any atom is -0.273 e. The van der Waals surface area contributed by atoms with E-state index in [1.807, 2.05) is 0 Å². The van der Waals surface area contributed by atoms with Gasteiger partial charge in [-0.2, -0.15) is 4.31 Å². The smallest absolute Gasteiger partial charge is 0.247 e. The van der Waals surface area contributed by atoms with Crippen LogP contribution in [0.15, 0.2) is 23.1 Å². The van der Waals surface area contributed by atoms with Crippen LogP contribution in [0, 0.1) is 12.3 Å². The Morgan fingerprint density at radius 3 is 2.27 bits per heavy atom. The molecule has 2 heterocycles. The van der Waals surface area contributed by atoms with Gasteiger partial charge in [0.05, 0.1) is 33.3 Å². The third-order valence-electron chi connectivity index (χ3n) is 5.49. The third kappa shape index (κ3) is 3.90. The molecule has 1 amide bonds. The molecular weight excluding hydrogens is 452 g/mol. The van der Waals surface area contributed by atoms with Crippen LogP contribution in [0.5, 0.6) is 0 Å². The largest absolute Gasteiger partial charge is 0.273 e. The second-order valence-electron chi connectivity index (χ2n) is 8.42. The molecule has 3 rings (SSSR count). The van der Waals surface area contributed by atoms with E-state index in [0.717, 1.165) is 4.31 Å². The maximum Gasteiger partial charge on any atom is 0.247 e. The van der Waals surface area contributed by atoms with E-state index in [1.165, 1.54) is 29.4 Å². The van der Waals surface area contributed by atoms with Gasteiger partial charge in [-0.1, -0.05) is 6.92 Å². The third-order valence-corrected chi connectivity index (χ3v) is 11.4. The molecule has 1 aromatic rings. The van der Waals surface area contributed by atoms with E-state index in [0.29, 0.717) is 0 Å². The Morgan fingerprint density at radius 1 is 1.20 bits per heavy atom. The molecule has 0 aromatic heterocycles. The lowest BCUT2D eigenvalue weighted by Crippen LogP contribution is -2.41. The van der Waals surface area contributed by atoms with Crippen LogP contribution in [-0.4, -0.2) is 65.3 Å². The van der Waals surface area contributed by atoms with Crippen molar-refractivity contribution in [2.45, 2.75) is 45.1 Å². The minimum absolute atomic E-state index is 0.0410. The number of carbonyl (C=O) groups excluding carboxylic acids is 1. The molecule has 9 nitrogen and oxygen atoms in total. The van der Waals surface area contributed by atoms with Gasteiger partial charge in [0, 0.05) is 12.6 Å². The Hall–Kier alpha value is -1.50. The predicted molar refractivity (Wildman–Crippen MR) is 113 cm³/mol. The van der Waals surface area contributed by atoms with Gasteiger partial charge < -0.3 is 0 Å². The van der Waals surface area contributed by atoms with Crippen molar-refractivity contribution in [2.75, 3.05) is 28.1 Å². The van der Waals surface area contributed by atoms with Gasteiger partial charge in [0.1, 0.15) is 0 Å². The van der Waals surface area contributed by atoms with Crippen LogP contribution >= 0.6 is 0 Å². The topological polar surface area (TPSA) is 126 Å².